The van der Waals surface area contributed by atoms with Gasteiger partial charge in [0.15, 0.2) is 12.8 Å². The first-order valence-electron chi connectivity index (χ1n) is 11.2. The van der Waals surface area contributed by atoms with Crippen molar-refractivity contribution >= 4 is 51.2 Å². The topological polar surface area (TPSA) is 114 Å². The number of fused-ring (bicyclic) bond motifs is 1. The number of amides is 1. The van der Waals surface area contributed by atoms with Gasteiger partial charge in [-0.25, -0.2) is 0 Å². The van der Waals surface area contributed by atoms with Crippen molar-refractivity contribution in [3.05, 3.63) is 82.2 Å². The number of carbonyl (C=O) groups is 1. The van der Waals surface area contributed by atoms with Crippen LogP contribution in [0.15, 0.2) is 66.2 Å². The van der Waals surface area contributed by atoms with E-state index in [2.05, 4.69) is 20.4 Å². The minimum absolute atomic E-state index is 0.103. The van der Waals surface area contributed by atoms with Crippen LogP contribution < -0.4 is 15.5 Å². The van der Waals surface area contributed by atoms with Crippen LogP contribution in [0.3, 0.4) is 0 Å². The number of nitriles is 1. The highest BCUT2D eigenvalue weighted by atomic mass is 32.1. The van der Waals surface area contributed by atoms with Crippen molar-refractivity contribution in [2.24, 2.45) is 0 Å². The summed E-state index contributed by atoms with van der Waals surface area (Å²) in [7, 11) is 0. The maximum atomic E-state index is 13.1. The molecule has 2 aromatic carbocycles. The molecule has 0 unspecified atom stereocenters. The van der Waals surface area contributed by atoms with E-state index in [9.17, 15) is 23.2 Å². The molecule has 0 aliphatic carbocycles. The molecule has 0 radical (unpaired) electrons. The van der Waals surface area contributed by atoms with E-state index < -0.39 is 24.7 Å². The monoisotopic (exact) mass is 538 g/mol. The average molecular weight is 539 g/mol. The van der Waals surface area contributed by atoms with E-state index in [-0.39, 0.29) is 5.69 Å². The first kappa shape index (κ1) is 26.4. The van der Waals surface area contributed by atoms with E-state index in [1.54, 1.807) is 42.9 Å². The number of halogens is 3. The number of para-hydroxylation sites is 1. The molecule has 0 atom stereocenters. The molecule has 0 bridgehead atoms. The number of aryl methyl sites for hydroxylation is 1. The van der Waals surface area contributed by atoms with E-state index in [1.165, 1.54) is 17.4 Å². The van der Waals surface area contributed by atoms with E-state index in [1.807, 2.05) is 30.3 Å². The zero-order valence-electron chi connectivity index (χ0n) is 20.0. The van der Waals surface area contributed by atoms with Gasteiger partial charge < -0.3 is 15.4 Å². The molecule has 0 fully saturated rings. The molecule has 3 N–H and O–H groups in total. The molecule has 38 heavy (non-hydrogen) atoms. The van der Waals surface area contributed by atoms with Crippen LogP contribution in [0.4, 0.5) is 30.2 Å². The van der Waals surface area contributed by atoms with Crippen molar-refractivity contribution in [1.82, 2.24) is 4.98 Å². The molecular weight excluding hydrogens is 517 g/mol. The predicted octanol–water partition coefficient (Wildman–Crippen LogP) is 6.27. The lowest BCUT2D eigenvalue weighted by molar-refractivity contribution is -0.156. The Labute approximate surface area is 219 Å². The third kappa shape index (κ3) is 6.19. The molecule has 2 heterocycles. The molecule has 0 saturated heterocycles. The number of amidine groups is 1. The molecular formula is C26H21F3N6O2S. The zero-order chi connectivity index (χ0) is 27.3. The maximum Gasteiger partial charge on any atom is 0.422 e. The quantitative estimate of drug-likeness (QED) is 0.111. The van der Waals surface area contributed by atoms with E-state index >= 15 is 0 Å². The Morgan fingerprint density at radius 2 is 2.00 bits per heavy atom. The van der Waals surface area contributed by atoms with Gasteiger partial charge in [0.05, 0.1) is 16.9 Å². The Kier molecular flexibility index (Phi) is 7.78. The minimum Gasteiger partial charge on any atom is -0.455 e. The second-order valence-electron chi connectivity index (χ2n) is 8.10. The van der Waals surface area contributed by atoms with Gasteiger partial charge in [0.1, 0.15) is 4.88 Å². The van der Waals surface area contributed by atoms with Gasteiger partial charge in [0, 0.05) is 23.8 Å². The fraction of sp³-hybridized carbons (Fsp3) is 0.154. The normalized spacial score (nSPS) is 11.0. The van der Waals surface area contributed by atoms with Gasteiger partial charge in [-0.3, -0.25) is 15.2 Å². The number of thiophene rings is 1. The van der Waals surface area contributed by atoms with Crippen LogP contribution in [0, 0.1) is 23.8 Å². The number of nitrogens with one attached hydrogen (secondary N) is 3. The summed E-state index contributed by atoms with van der Waals surface area (Å²) in [6.07, 6.45) is -1.28. The Balaban J connectivity index is 1.48. The number of anilines is 3. The summed E-state index contributed by atoms with van der Waals surface area (Å²) < 4.78 is 41.9. The molecule has 0 spiro atoms. The van der Waals surface area contributed by atoms with E-state index in [0.29, 0.717) is 33.3 Å². The summed E-state index contributed by atoms with van der Waals surface area (Å²) in [5, 5.41) is 26.0. The maximum absolute atomic E-state index is 13.1. The van der Waals surface area contributed by atoms with Gasteiger partial charge in [-0.1, -0.05) is 24.3 Å². The number of benzene rings is 2. The SMILES string of the molecule is Cc1ccc(NC(=O)c2sccc2NCc2ccnc3ccccc23)cc1N(C#N)C(=N)OCC(F)(F)F. The summed E-state index contributed by atoms with van der Waals surface area (Å²) >= 11 is 1.24. The smallest absolute Gasteiger partial charge is 0.422 e. The molecule has 0 aliphatic rings. The fourth-order valence-electron chi connectivity index (χ4n) is 3.66. The van der Waals surface area contributed by atoms with E-state index in [0.717, 1.165) is 16.5 Å². The van der Waals surface area contributed by atoms with Crippen molar-refractivity contribution in [2.45, 2.75) is 19.6 Å². The van der Waals surface area contributed by atoms with Crippen LogP contribution in [-0.2, 0) is 11.3 Å². The Morgan fingerprint density at radius 3 is 2.76 bits per heavy atom. The molecule has 4 rings (SSSR count). The average Bonchev–Trinajstić information content (AvgIpc) is 3.37. The summed E-state index contributed by atoms with van der Waals surface area (Å²) in [4.78, 5) is 18.5. The lowest BCUT2D eigenvalue weighted by Gasteiger charge is -2.20. The summed E-state index contributed by atoms with van der Waals surface area (Å²) in [6, 6.07) is 15.0. The number of rotatable bonds is 7. The van der Waals surface area contributed by atoms with Crippen molar-refractivity contribution < 1.29 is 22.7 Å². The molecule has 12 heteroatoms. The fourth-order valence-corrected chi connectivity index (χ4v) is 4.43. The third-order valence-corrected chi connectivity index (χ3v) is 6.38. The minimum atomic E-state index is -4.66. The second kappa shape index (κ2) is 11.2. The number of alkyl halides is 3. The summed E-state index contributed by atoms with van der Waals surface area (Å²) in [6.45, 7) is 0.376. The number of aromatic nitrogens is 1. The van der Waals surface area contributed by atoms with Crippen LogP contribution in [0.25, 0.3) is 10.9 Å². The highest BCUT2D eigenvalue weighted by Gasteiger charge is 2.30. The van der Waals surface area contributed by atoms with Crippen molar-refractivity contribution in [3.63, 3.8) is 0 Å². The van der Waals surface area contributed by atoms with Gasteiger partial charge in [-0.2, -0.15) is 23.3 Å². The number of hydrogen-bond donors (Lipinski definition) is 3. The zero-order valence-corrected chi connectivity index (χ0v) is 20.8. The van der Waals surface area contributed by atoms with Crippen LogP contribution >= 0.6 is 11.3 Å². The first-order valence-corrected chi connectivity index (χ1v) is 12.1. The molecule has 0 saturated carbocycles. The Morgan fingerprint density at radius 1 is 1.21 bits per heavy atom. The molecule has 1 amide bonds. The Hall–Kier alpha value is -4.63. The van der Waals surface area contributed by atoms with Crippen LogP contribution in [0.1, 0.15) is 20.8 Å². The predicted molar refractivity (Wildman–Crippen MR) is 140 cm³/mol. The number of pyridine rings is 1. The number of carbonyl (C=O) groups excluding carboxylic acids is 1. The van der Waals surface area contributed by atoms with E-state index in [4.69, 9.17) is 5.41 Å². The summed E-state index contributed by atoms with van der Waals surface area (Å²) in [5.41, 5.74) is 3.40. The van der Waals surface area contributed by atoms with Crippen LogP contribution in [0.2, 0.25) is 0 Å². The van der Waals surface area contributed by atoms with Gasteiger partial charge in [0.25, 0.3) is 5.91 Å². The second-order valence-corrected chi connectivity index (χ2v) is 9.02. The lowest BCUT2D eigenvalue weighted by Crippen LogP contribution is -2.31. The van der Waals surface area contributed by atoms with Crippen LogP contribution in [0.5, 0.6) is 0 Å². The summed E-state index contributed by atoms with van der Waals surface area (Å²) in [5.74, 6) is -0.413. The number of nitrogens with zero attached hydrogens (tertiary/aromatic N) is 3. The number of ether oxygens (including phenoxy) is 1. The van der Waals surface area contributed by atoms with Gasteiger partial charge in [-0.15, -0.1) is 11.3 Å². The van der Waals surface area contributed by atoms with Gasteiger partial charge in [0.2, 0.25) is 0 Å². The van der Waals surface area contributed by atoms with Crippen molar-refractivity contribution in [3.8, 4) is 6.19 Å². The molecule has 194 valence electrons. The standard InChI is InChI=1S/C26H21F3N6O2S/c1-16-6-7-18(12-22(16)35(15-30)25(31)37-14-26(27,28)29)34-24(36)23-21(9-11-38-23)33-13-17-8-10-32-20-5-3-2-4-19(17)20/h2-12,31,33H,13-14H2,1H3,(H,34,36). The number of hydrogen-bond acceptors (Lipinski definition) is 7. The Bertz CT molecular complexity index is 1520. The first-order chi connectivity index (χ1) is 18.2. The molecule has 2 aromatic heterocycles. The molecule has 4 aromatic rings. The van der Waals surface area contributed by atoms with Gasteiger partial charge >= 0.3 is 12.2 Å². The highest BCUT2D eigenvalue weighted by Crippen LogP contribution is 2.28. The highest BCUT2D eigenvalue weighted by molar-refractivity contribution is 7.12. The molecule has 8 nitrogen and oxygen atoms in total. The molecule has 0 aliphatic heterocycles. The third-order valence-electron chi connectivity index (χ3n) is 5.46. The lowest BCUT2D eigenvalue weighted by atomic mass is 10.1. The van der Waals surface area contributed by atoms with Crippen LogP contribution in [-0.4, -0.2) is 29.7 Å². The van der Waals surface area contributed by atoms with Crippen molar-refractivity contribution in [1.29, 1.82) is 10.7 Å². The largest absolute Gasteiger partial charge is 0.455 e. The van der Waals surface area contributed by atoms with Gasteiger partial charge in [-0.05, 0) is 53.8 Å². The van der Waals surface area contributed by atoms with Crippen molar-refractivity contribution in [2.75, 3.05) is 22.1 Å².